The van der Waals surface area contributed by atoms with Gasteiger partial charge >= 0.3 is 0 Å². The zero-order valence-electron chi connectivity index (χ0n) is 24.7. The lowest BCUT2D eigenvalue weighted by Crippen LogP contribution is -2.30. The van der Waals surface area contributed by atoms with Gasteiger partial charge in [0.25, 0.3) is 11.8 Å². The molecule has 0 bridgehead atoms. The highest BCUT2D eigenvalue weighted by atomic mass is 35.5. The van der Waals surface area contributed by atoms with E-state index in [2.05, 4.69) is 16.0 Å². The quantitative estimate of drug-likeness (QED) is 0.103. The molecule has 46 heavy (non-hydrogen) atoms. The van der Waals surface area contributed by atoms with Gasteiger partial charge in [-0.1, -0.05) is 96.0 Å². The lowest BCUT2D eigenvalue weighted by molar-refractivity contribution is -0.115. The van der Waals surface area contributed by atoms with Gasteiger partial charge in [-0.25, -0.2) is 0 Å². The Morgan fingerprint density at radius 1 is 0.674 bits per heavy atom. The predicted molar refractivity (Wildman–Crippen MR) is 189 cm³/mol. The summed E-state index contributed by atoms with van der Waals surface area (Å²) >= 11 is 13.4. The number of thioether (sulfide) groups is 1. The van der Waals surface area contributed by atoms with Crippen LogP contribution >= 0.6 is 35.0 Å². The number of nitrogens with one attached hydrogen (secondary N) is 3. The highest BCUT2D eigenvalue weighted by molar-refractivity contribution is 8.00. The van der Waals surface area contributed by atoms with E-state index in [1.807, 2.05) is 72.8 Å². The highest BCUT2D eigenvalue weighted by Crippen LogP contribution is 2.28. The molecule has 230 valence electrons. The van der Waals surface area contributed by atoms with Crippen LogP contribution in [0.2, 0.25) is 10.0 Å². The Morgan fingerprint density at radius 3 is 1.89 bits per heavy atom. The standard InChI is InChI=1S/C37H29Cl2N3O3S/c1-24(35(43)41-32-22-29(38)21-30(39)23-32)46-33-18-16-31(17-19-33)40-37(45)34(42-36(44)28-10-6-3-7-11-28)20-25-12-14-27(15-13-25)26-8-4-2-5-9-26/h2-24H,1H3,(H,40,45)(H,41,43)(H,42,44)/b34-20-. The van der Waals surface area contributed by atoms with Crippen molar-refractivity contribution in [2.45, 2.75) is 17.1 Å². The lowest BCUT2D eigenvalue weighted by Gasteiger charge is -2.14. The highest BCUT2D eigenvalue weighted by Gasteiger charge is 2.17. The molecule has 0 aromatic heterocycles. The zero-order chi connectivity index (χ0) is 32.5. The maximum Gasteiger partial charge on any atom is 0.272 e. The van der Waals surface area contributed by atoms with Gasteiger partial charge in [-0.3, -0.25) is 14.4 Å². The second-order valence-electron chi connectivity index (χ2n) is 10.3. The maximum atomic E-state index is 13.5. The summed E-state index contributed by atoms with van der Waals surface area (Å²) in [5.41, 5.74) is 4.43. The van der Waals surface area contributed by atoms with Crippen molar-refractivity contribution in [3.63, 3.8) is 0 Å². The first kappa shape index (κ1) is 32.6. The molecule has 9 heteroatoms. The summed E-state index contributed by atoms with van der Waals surface area (Å²) in [6.45, 7) is 1.79. The van der Waals surface area contributed by atoms with Gasteiger partial charge in [-0.15, -0.1) is 11.8 Å². The smallest absolute Gasteiger partial charge is 0.272 e. The molecule has 0 fully saturated rings. The Kier molecular flexibility index (Phi) is 10.9. The average molecular weight is 667 g/mol. The Labute approximate surface area is 281 Å². The van der Waals surface area contributed by atoms with Gasteiger partial charge in [0.2, 0.25) is 5.91 Å². The summed E-state index contributed by atoms with van der Waals surface area (Å²) in [7, 11) is 0. The number of rotatable bonds is 10. The Hall–Kier alpha value is -4.82. The van der Waals surface area contributed by atoms with Crippen LogP contribution in [0.3, 0.4) is 0 Å². The number of hydrogen-bond donors (Lipinski definition) is 3. The van der Waals surface area contributed by atoms with Crippen molar-refractivity contribution in [3.05, 3.63) is 154 Å². The normalized spacial score (nSPS) is 11.8. The number of amides is 3. The Morgan fingerprint density at radius 2 is 1.26 bits per heavy atom. The van der Waals surface area contributed by atoms with Gasteiger partial charge in [0, 0.05) is 31.9 Å². The van der Waals surface area contributed by atoms with Crippen LogP contribution in [0, 0.1) is 0 Å². The van der Waals surface area contributed by atoms with Crippen molar-refractivity contribution < 1.29 is 14.4 Å². The summed E-state index contributed by atoms with van der Waals surface area (Å²) in [5.74, 6) is -1.09. The molecule has 1 atom stereocenters. The minimum absolute atomic E-state index is 0.0891. The van der Waals surface area contributed by atoms with Crippen LogP contribution in [0.4, 0.5) is 11.4 Å². The molecule has 0 aliphatic rings. The van der Waals surface area contributed by atoms with E-state index in [-0.39, 0.29) is 11.6 Å². The molecule has 0 saturated heterocycles. The summed E-state index contributed by atoms with van der Waals surface area (Å²) in [5, 5.41) is 8.90. The van der Waals surface area contributed by atoms with Gasteiger partial charge in [0.1, 0.15) is 5.70 Å². The maximum absolute atomic E-state index is 13.5. The van der Waals surface area contributed by atoms with E-state index in [9.17, 15) is 14.4 Å². The fourth-order valence-electron chi connectivity index (χ4n) is 4.45. The van der Waals surface area contributed by atoms with Gasteiger partial charge in [0.15, 0.2) is 0 Å². The second-order valence-corrected chi connectivity index (χ2v) is 12.5. The van der Waals surface area contributed by atoms with E-state index in [1.54, 1.807) is 67.6 Å². The fraction of sp³-hybridized carbons (Fsp3) is 0.0541. The third-order valence-electron chi connectivity index (χ3n) is 6.78. The largest absolute Gasteiger partial charge is 0.325 e. The average Bonchev–Trinajstić information content (AvgIpc) is 3.06. The van der Waals surface area contributed by atoms with Crippen LogP contribution < -0.4 is 16.0 Å². The third-order valence-corrected chi connectivity index (χ3v) is 8.33. The Balaban J connectivity index is 1.27. The van der Waals surface area contributed by atoms with E-state index in [0.717, 1.165) is 21.6 Å². The van der Waals surface area contributed by atoms with Crippen molar-refractivity contribution >= 4 is 70.1 Å². The number of halogens is 2. The van der Waals surface area contributed by atoms with Gasteiger partial charge < -0.3 is 16.0 Å². The minimum Gasteiger partial charge on any atom is -0.325 e. The van der Waals surface area contributed by atoms with Crippen LogP contribution in [0.5, 0.6) is 0 Å². The van der Waals surface area contributed by atoms with E-state index in [0.29, 0.717) is 27.0 Å². The van der Waals surface area contributed by atoms with E-state index in [1.165, 1.54) is 11.8 Å². The van der Waals surface area contributed by atoms with Crippen molar-refractivity contribution in [3.8, 4) is 11.1 Å². The summed E-state index contributed by atoms with van der Waals surface area (Å²) in [6, 6.07) is 38.4. The summed E-state index contributed by atoms with van der Waals surface area (Å²) < 4.78 is 0. The van der Waals surface area contributed by atoms with Crippen LogP contribution in [0.1, 0.15) is 22.8 Å². The second kappa shape index (κ2) is 15.5. The molecule has 0 saturated carbocycles. The van der Waals surface area contributed by atoms with Crippen LogP contribution in [0.15, 0.2) is 138 Å². The Bertz CT molecular complexity index is 1840. The number of anilines is 2. The molecule has 5 rings (SSSR count). The van der Waals surface area contributed by atoms with Gasteiger partial charge in [0.05, 0.1) is 5.25 Å². The molecule has 0 spiro atoms. The van der Waals surface area contributed by atoms with Crippen molar-refractivity contribution in [1.82, 2.24) is 5.32 Å². The summed E-state index contributed by atoms with van der Waals surface area (Å²) in [4.78, 5) is 40.1. The molecule has 6 nitrogen and oxygen atoms in total. The fourth-order valence-corrected chi connectivity index (χ4v) is 5.85. The SMILES string of the molecule is CC(Sc1ccc(NC(=O)/C(=C/c2ccc(-c3ccccc3)cc2)NC(=O)c2ccccc2)cc1)C(=O)Nc1cc(Cl)cc(Cl)c1. The first-order valence-corrected chi connectivity index (χ1v) is 16.0. The molecule has 1 unspecified atom stereocenters. The molecule has 3 N–H and O–H groups in total. The van der Waals surface area contributed by atoms with Gasteiger partial charge in [-0.2, -0.15) is 0 Å². The molecular formula is C37H29Cl2N3O3S. The number of carbonyl (C=O) groups is 3. The third kappa shape index (κ3) is 9.11. The first-order chi connectivity index (χ1) is 22.2. The molecule has 0 heterocycles. The van der Waals surface area contributed by atoms with Gasteiger partial charge in [-0.05, 0) is 84.3 Å². The van der Waals surface area contributed by atoms with E-state index < -0.39 is 17.1 Å². The lowest BCUT2D eigenvalue weighted by atomic mass is 10.0. The van der Waals surface area contributed by atoms with E-state index >= 15 is 0 Å². The number of benzene rings is 5. The van der Waals surface area contributed by atoms with Crippen molar-refractivity contribution in [2.24, 2.45) is 0 Å². The molecular weight excluding hydrogens is 637 g/mol. The van der Waals surface area contributed by atoms with Crippen LogP contribution in [-0.4, -0.2) is 23.0 Å². The topological polar surface area (TPSA) is 87.3 Å². The monoisotopic (exact) mass is 665 g/mol. The first-order valence-electron chi connectivity index (χ1n) is 14.3. The molecule has 0 radical (unpaired) electrons. The van der Waals surface area contributed by atoms with E-state index in [4.69, 9.17) is 23.2 Å². The van der Waals surface area contributed by atoms with Crippen molar-refractivity contribution in [2.75, 3.05) is 10.6 Å². The molecule has 5 aromatic rings. The van der Waals surface area contributed by atoms with Crippen molar-refractivity contribution in [1.29, 1.82) is 0 Å². The molecule has 0 aliphatic carbocycles. The molecule has 0 aliphatic heterocycles. The van der Waals surface area contributed by atoms with Crippen LogP contribution in [0.25, 0.3) is 17.2 Å². The summed E-state index contributed by atoms with van der Waals surface area (Å²) in [6.07, 6.45) is 1.64. The number of carbonyl (C=O) groups excluding carboxylic acids is 3. The molecule has 5 aromatic carbocycles. The molecule has 3 amide bonds. The zero-order valence-corrected chi connectivity index (χ0v) is 27.0. The predicted octanol–water partition coefficient (Wildman–Crippen LogP) is 9.19. The number of hydrogen-bond acceptors (Lipinski definition) is 4. The minimum atomic E-state index is -0.482. The van der Waals surface area contributed by atoms with Crippen LogP contribution in [-0.2, 0) is 9.59 Å².